The zero-order valence-electron chi connectivity index (χ0n) is 10.1. The maximum absolute atomic E-state index is 11.3. The lowest BCUT2D eigenvalue weighted by Gasteiger charge is -2.01. The van der Waals surface area contributed by atoms with Gasteiger partial charge in [-0.05, 0) is 18.2 Å². The van der Waals surface area contributed by atoms with Crippen LogP contribution in [0.15, 0.2) is 22.5 Å². The van der Waals surface area contributed by atoms with Crippen LogP contribution in [0.1, 0.15) is 6.42 Å². The van der Waals surface area contributed by atoms with E-state index in [1.54, 1.807) is 24.3 Å². The molecule has 1 heterocycles. The Kier molecular flexibility index (Phi) is 4.55. The number of carbonyl (C=O) groups is 2. The molecule has 102 valence electrons. The molecule has 1 amide bonds. The van der Waals surface area contributed by atoms with Crippen molar-refractivity contribution in [3.63, 3.8) is 0 Å². The van der Waals surface area contributed by atoms with E-state index in [4.69, 9.17) is 10.4 Å². The van der Waals surface area contributed by atoms with Gasteiger partial charge in [0.1, 0.15) is 6.42 Å². The Balaban J connectivity index is 2.15. The fourth-order valence-corrected chi connectivity index (χ4v) is 3.27. The van der Waals surface area contributed by atoms with E-state index < -0.39 is 5.97 Å². The number of carbonyl (C=O) groups excluding carboxylic acids is 1. The number of thioether (sulfide) groups is 1. The molecule has 0 unspecified atom stereocenters. The third-order valence-corrected chi connectivity index (χ3v) is 4.36. The molecule has 0 bridgehead atoms. The summed E-state index contributed by atoms with van der Waals surface area (Å²) >= 11 is 2.53. The van der Waals surface area contributed by atoms with Gasteiger partial charge in [-0.3, -0.25) is 9.59 Å². The number of benzene rings is 1. The van der Waals surface area contributed by atoms with Crippen molar-refractivity contribution >= 4 is 50.9 Å². The first-order valence-electron chi connectivity index (χ1n) is 5.50. The smallest absolute Gasteiger partial charge is 0.313 e. The van der Waals surface area contributed by atoms with Gasteiger partial charge in [0.15, 0.2) is 4.34 Å². The summed E-state index contributed by atoms with van der Waals surface area (Å²) in [6.45, 7) is 0. The van der Waals surface area contributed by atoms with Crippen molar-refractivity contribution in [2.75, 3.05) is 11.1 Å². The topological polar surface area (TPSA) is 103 Å². The number of nitriles is 1. The molecule has 1 aromatic carbocycles. The SMILES string of the molecule is N#CCC(=O)Nc1ccc2nc(SCC(=O)O)sc2c1. The number of aromatic nitrogens is 1. The van der Waals surface area contributed by atoms with Crippen LogP contribution in [0.25, 0.3) is 10.2 Å². The van der Waals surface area contributed by atoms with E-state index in [2.05, 4.69) is 10.3 Å². The zero-order valence-corrected chi connectivity index (χ0v) is 11.8. The molecule has 0 aliphatic carbocycles. The van der Waals surface area contributed by atoms with E-state index in [9.17, 15) is 9.59 Å². The van der Waals surface area contributed by atoms with Gasteiger partial charge in [0.25, 0.3) is 0 Å². The molecule has 2 N–H and O–H groups in total. The molecule has 20 heavy (non-hydrogen) atoms. The minimum atomic E-state index is -0.890. The Morgan fingerprint density at radius 2 is 2.30 bits per heavy atom. The van der Waals surface area contributed by atoms with Crippen LogP contribution >= 0.6 is 23.1 Å². The third-order valence-electron chi connectivity index (χ3n) is 2.21. The van der Waals surface area contributed by atoms with E-state index in [-0.39, 0.29) is 18.1 Å². The summed E-state index contributed by atoms with van der Waals surface area (Å²) < 4.78 is 1.52. The van der Waals surface area contributed by atoms with E-state index >= 15 is 0 Å². The van der Waals surface area contributed by atoms with Gasteiger partial charge in [-0.15, -0.1) is 11.3 Å². The Hall–Kier alpha value is -2.11. The standard InChI is InChI=1S/C12H9N3O3S2/c13-4-3-10(16)14-7-1-2-8-9(5-7)20-12(15-8)19-6-11(17)18/h1-2,5H,3,6H2,(H,14,16)(H,17,18). The van der Waals surface area contributed by atoms with Gasteiger partial charge in [-0.1, -0.05) is 11.8 Å². The average molecular weight is 307 g/mol. The second-order valence-electron chi connectivity index (χ2n) is 3.73. The van der Waals surface area contributed by atoms with Crippen LogP contribution in [0.4, 0.5) is 5.69 Å². The highest BCUT2D eigenvalue weighted by atomic mass is 32.2. The molecule has 2 aromatic rings. The maximum Gasteiger partial charge on any atom is 0.313 e. The van der Waals surface area contributed by atoms with E-state index in [0.29, 0.717) is 10.0 Å². The second kappa shape index (κ2) is 6.36. The molecule has 0 fully saturated rings. The van der Waals surface area contributed by atoms with E-state index in [1.165, 1.54) is 11.3 Å². The molecule has 0 atom stereocenters. The van der Waals surface area contributed by atoms with Crippen molar-refractivity contribution in [1.29, 1.82) is 5.26 Å². The number of anilines is 1. The predicted octanol–water partition coefficient (Wildman–Crippen LogP) is 2.33. The van der Waals surface area contributed by atoms with Crippen molar-refractivity contribution in [2.24, 2.45) is 0 Å². The minimum absolute atomic E-state index is 0.0361. The highest BCUT2D eigenvalue weighted by Gasteiger charge is 2.08. The second-order valence-corrected chi connectivity index (χ2v) is 5.98. The summed E-state index contributed by atoms with van der Waals surface area (Å²) in [7, 11) is 0. The normalized spacial score (nSPS) is 10.2. The number of hydrogen-bond donors (Lipinski definition) is 2. The van der Waals surface area contributed by atoms with Crippen molar-refractivity contribution in [3.8, 4) is 6.07 Å². The Morgan fingerprint density at radius 1 is 1.50 bits per heavy atom. The number of fused-ring (bicyclic) bond motifs is 1. The van der Waals surface area contributed by atoms with Gasteiger partial charge in [0.05, 0.1) is 22.0 Å². The largest absolute Gasteiger partial charge is 0.481 e. The summed E-state index contributed by atoms with van der Waals surface area (Å²) in [5.74, 6) is -1.29. The lowest BCUT2D eigenvalue weighted by atomic mass is 10.3. The quantitative estimate of drug-likeness (QED) is 0.822. The molecule has 0 spiro atoms. The van der Waals surface area contributed by atoms with E-state index in [0.717, 1.165) is 22.0 Å². The number of rotatable bonds is 5. The predicted molar refractivity (Wildman–Crippen MR) is 76.8 cm³/mol. The van der Waals surface area contributed by atoms with Crippen LogP contribution in [0.5, 0.6) is 0 Å². The molecule has 0 aliphatic rings. The number of carboxylic acids is 1. The number of nitrogens with zero attached hydrogens (tertiary/aromatic N) is 2. The molecule has 6 nitrogen and oxygen atoms in total. The van der Waals surface area contributed by atoms with Gasteiger partial charge < -0.3 is 10.4 Å². The summed E-state index contributed by atoms with van der Waals surface area (Å²) in [6, 6.07) is 6.98. The Bertz CT molecular complexity index is 706. The molecule has 2 rings (SSSR count). The van der Waals surface area contributed by atoms with Crippen LogP contribution in [0, 0.1) is 11.3 Å². The summed E-state index contributed by atoms with van der Waals surface area (Å²) in [5, 5.41) is 19.7. The maximum atomic E-state index is 11.3. The van der Waals surface area contributed by atoms with Crippen LogP contribution < -0.4 is 5.32 Å². The average Bonchev–Trinajstić information content (AvgIpc) is 2.78. The molecule has 1 aromatic heterocycles. The zero-order chi connectivity index (χ0) is 14.5. The first kappa shape index (κ1) is 14.3. The highest BCUT2D eigenvalue weighted by molar-refractivity contribution is 8.01. The lowest BCUT2D eigenvalue weighted by Crippen LogP contribution is -2.09. The van der Waals surface area contributed by atoms with Crippen LogP contribution in [0.3, 0.4) is 0 Å². The fourth-order valence-electron chi connectivity index (χ4n) is 1.44. The first-order valence-corrected chi connectivity index (χ1v) is 7.30. The summed E-state index contributed by atoms with van der Waals surface area (Å²) in [5.41, 5.74) is 1.34. The van der Waals surface area contributed by atoms with Crippen LogP contribution in [-0.4, -0.2) is 27.7 Å². The molecular formula is C12H9N3O3S2. The number of nitrogens with one attached hydrogen (secondary N) is 1. The fraction of sp³-hybridized carbons (Fsp3) is 0.167. The number of thiazole rings is 1. The summed E-state index contributed by atoms with van der Waals surface area (Å²) in [4.78, 5) is 26.1. The summed E-state index contributed by atoms with van der Waals surface area (Å²) in [6.07, 6.45) is -0.194. The van der Waals surface area contributed by atoms with Crippen LogP contribution in [0.2, 0.25) is 0 Å². The van der Waals surface area contributed by atoms with Crippen LogP contribution in [-0.2, 0) is 9.59 Å². The number of amides is 1. The molecular weight excluding hydrogens is 298 g/mol. The third kappa shape index (κ3) is 3.69. The van der Waals surface area contributed by atoms with Gasteiger partial charge in [0, 0.05) is 5.69 Å². The highest BCUT2D eigenvalue weighted by Crippen LogP contribution is 2.31. The molecule has 0 saturated heterocycles. The van der Waals surface area contributed by atoms with Gasteiger partial charge in [-0.2, -0.15) is 5.26 Å². The number of hydrogen-bond acceptors (Lipinski definition) is 6. The van der Waals surface area contributed by atoms with Crippen molar-refractivity contribution in [1.82, 2.24) is 4.98 Å². The Labute approximate surface area is 122 Å². The Morgan fingerprint density at radius 3 is 3.00 bits per heavy atom. The van der Waals surface area contributed by atoms with E-state index in [1.807, 2.05) is 0 Å². The molecule has 8 heteroatoms. The lowest BCUT2D eigenvalue weighted by molar-refractivity contribution is -0.133. The molecule has 0 saturated carbocycles. The van der Waals surface area contributed by atoms with Crippen molar-refractivity contribution in [2.45, 2.75) is 10.8 Å². The van der Waals surface area contributed by atoms with Gasteiger partial charge in [-0.25, -0.2) is 4.98 Å². The van der Waals surface area contributed by atoms with Crippen molar-refractivity contribution in [3.05, 3.63) is 18.2 Å². The molecule has 0 aliphatic heterocycles. The number of aliphatic carboxylic acids is 1. The monoisotopic (exact) mass is 307 g/mol. The number of carboxylic acid groups (broad SMARTS) is 1. The minimum Gasteiger partial charge on any atom is -0.481 e. The molecule has 0 radical (unpaired) electrons. The first-order chi connectivity index (χ1) is 9.58. The van der Waals surface area contributed by atoms with Gasteiger partial charge in [0.2, 0.25) is 5.91 Å². The van der Waals surface area contributed by atoms with Gasteiger partial charge >= 0.3 is 5.97 Å². The van der Waals surface area contributed by atoms with Crippen molar-refractivity contribution < 1.29 is 14.7 Å².